The van der Waals surface area contributed by atoms with E-state index in [1.165, 1.54) is 48.6 Å². The number of benzene rings is 1. The molecule has 1 aromatic heterocycles. The maximum absolute atomic E-state index is 3.62. The SMILES string of the molecule is CCC(C)Cn1cc(CCCNC2CC2)c2ccccc21. The lowest BCUT2D eigenvalue weighted by Crippen LogP contribution is -2.17. The highest BCUT2D eigenvalue weighted by atomic mass is 15.0. The van der Waals surface area contributed by atoms with E-state index in [1.807, 2.05) is 0 Å². The molecule has 1 aliphatic carbocycles. The zero-order valence-electron chi connectivity index (χ0n) is 13.4. The standard InChI is InChI=1S/C19H28N2/c1-3-15(2)13-21-14-16(7-6-12-20-17-10-11-17)18-8-4-5-9-19(18)21/h4-5,8-9,14-15,17,20H,3,6-7,10-13H2,1-2H3. The fourth-order valence-electron chi connectivity index (χ4n) is 3.01. The summed E-state index contributed by atoms with van der Waals surface area (Å²) in [6.07, 6.45) is 8.84. The number of hydrogen-bond donors (Lipinski definition) is 1. The molecule has 114 valence electrons. The van der Waals surface area contributed by atoms with Crippen molar-refractivity contribution in [3.05, 3.63) is 36.0 Å². The molecule has 1 aliphatic rings. The normalized spacial score (nSPS) is 16.5. The first-order valence-electron chi connectivity index (χ1n) is 8.58. The van der Waals surface area contributed by atoms with Crippen molar-refractivity contribution in [2.45, 2.75) is 58.5 Å². The van der Waals surface area contributed by atoms with E-state index in [4.69, 9.17) is 0 Å². The van der Waals surface area contributed by atoms with Crippen molar-refractivity contribution < 1.29 is 0 Å². The van der Waals surface area contributed by atoms with Gasteiger partial charge in [-0.25, -0.2) is 0 Å². The molecule has 1 atom stereocenters. The molecule has 1 N–H and O–H groups in total. The first-order valence-corrected chi connectivity index (χ1v) is 8.58. The van der Waals surface area contributed by atoms with Crippen molar-refractivity contribution in [2.75, 3.05) is 6.54 Å². The second-order valence-corrected chi connectivity index (χ2v) is 6.67. The first kappa shape index (κ1) is 14.6. The fourth-order valence-corrected chi connectivity index (χ4v) is 3.01. The van der Waals surface area contributed by atoms with Gasteiger partial charge in [-0.1, -0.05) is 38.5 Å². The minimum absolute atomic E-state index is 0.741. The Morgan fingerprint density at radius 3 is 2.86 bits per heavy atom. The Morgan fingerprint density at radius 2 is 2.10 bits per heavy atom. The predicted molar refractivity (Wildman–Crippen MR) is 90.7 cm³/mol. The van der Waals surface area contributed by atoms with E-state index < -0.39 is 0 Å². The Kier molecular flexibility index (Phi) is 4.64. The van der Waals surface area contributed by atoms with Gasteiger partial charge in [-0.15, -0.1) is 0 Å². The van der Waals surface area contributed by atoms with Crippen LogP contribution < -0.4 is 5.32 Å². The summed E-state index contributed by atoms with van der Waals surface area (Å²) in [6, 6.07) is 9.71. The second kappa shape index (κ2) is 6.65. The first-order chi connectivity index (χ1) is 10.3. The predicted octanol–water partition coefficient (Wildman–Crippen LogP) is 4.37. The molecule has 0 radical (unpaired) electrons. The Balaban J connectivity index is 1.70. The van der Waals surface area contributed by atoms with E-state index in [0.717, 1.165) is 25.0 Å². The van der Waals surface area contributed by atoms with Gasteiger partial charge in [0, 0.05) is 29.7 Å². The lowest BCUT2D eigenvalue weighted by atomic mass is 10.1. The minimum atomic E-state index is 0.741. The van der Waals surface area contributed by atoms with Gasteiger partial charge < -0.3 is 9.88 Å². The molecule has 0 amide bonds. The number of nitrogens with one attached hydrogen (secondary N) is 1. The molecule has 0 spiro atoms. The van der Waals surface area contributed by atoms with E-state index >= 15 is 0 Å². The van der Waals surface area contributed by atoms with E-state index in [-0.39, 0.29) is 0 Å². The average Bonchev–Trinajstić information content (AvgIpc) is 3.27. The van der Waals surface area contributed by atoms with Gasteiger partial charge in [0.05, 0.1) is 0 Å². The summed E-state index contributed by atoms with van der Waals surface area (Å²) in [7, 11) is 0. The number of fused-ring (bicyclic) bond motifs is 1. The molecule has 3 rings (SSSR count). The van der Waals surface area contributed by atoms with Crippen molar-refractivity contribution in [1.29, 1.82) is 0 Å². The third kappa shape index (κ3) is 3.68. The third-order valence-corrected chi connectivity index (χ3v) is 4.71. The molecule has 0 saturated heterocycles. The van der Waals surface area contributed by atoms with Crippen molar-refractivity contribution >= 4 is 10.9 Å². The summed E-state index contributed by atoms with van der Waals surface area (Å²) in [4.78, 5) is 0. The van der Waals surface area contributed by atoms with Gasteiger partial charge in [-0.3, -0.25) is 0 Å². The monoisotopic (exact) mass is 284 g/mol. The van der Waals surface area contributed by atoms with E-state index in [2.05, 4.69) is 54.2 Å². The summed E-state index contributed by atoms with van der Waals surface area (Å²) in [6.45, 7) is 6.92. The molecular formula is C19H28N2. The molecule has 21 heavy (non-hydrogen) atoms. The van der Waals surface area contributed by atoms with Crippen molar-refractivity contribution in [3.8, 4) is 0 Å². The number of aryl methyl sites for hydroxylation is 1. The Labute approximate surface area is 128 Å². The summed E-state index contributed by atoms with van der Waals surface area (Å²) in [5, 5.41) is 5.07. The topological polar surface area (TPSA) is 17.0 Å². The largest absolute Gasteiger partial charge is 0.347 e. The molecule has 1 heterocycles. The van der Waals surface area contributed by atoms with Gasteiger partial charge in [-0.2, -0.15) is 0 Å². The number of nitrogens with zero attached hydrogens (tertiary/aromatic N) is 1. The summed E-state index contributed by atoms with van der Waals surface area (Å²) in [5.41, 5.74) is 2.93. The van der Waals surface area contributed by atoms with E-state index in [1.54, 1.807) is 0 Å². The molecule has 1 fully saturated rings. The van der Waals surface area contributed by atoms with Gasteiger partial charge >= 0.3 is 0 Å². The van der Waals surface area contributed by atoms with Crippen LogP contribution in [0.2, 0.25) is 0 Å². The number of rotatable bonds is 8. The van der Waals surface area contributed by atoms with Crippen LogP contribution in [0.5, 0.6) is 0 Å². The van der Waals surface area contributed by atoms with Crippen LogP contribution in [0.4, 0.5) is 0 Å². The van der Waals surface area contributed by atoms with Gasteiger partial charge in [0.25, 0.3) is 0 Å². The molecule has 0 aliphatic heterocycles. The highest BCUT2D eigenvalue weighted by Gasteiger charge is 2.19. The van der Waals surface area contributed by atoms with Gasteiger partial charge in [0.15, 0.2) is 0 Å². The molecule has 2 nitrogen and oxygen atoms in total. The number of hydrogen-bond acceptors (Lipinski definition) is 1. The van der Waals surface area contributed by atoms with E-state index in [0.29, 0.717) is 0 Å². The summed E-state index contributed by atoms with van der Waals surface area (Å²) < 4.78 is 2.47. The number of aromatic nitrogens is 1. The Hall–Kier alpha value is -1.28. The van der Waals surface area contributed by atoms with Crippen LogP contribution in [0.15, 0.2) is 30.5 Å². The molecule has 1 aromatic carbocycles. The third-order valence-electron chi connectivity index (χ3n) is 4.71. The number of para-hydroxylation sites is 1. The molecule has 2 heteroatoms. The highest BCUT2D eigenvalue weighted by molar-refractivity contribution is 5.84. The van der Waals surface area contributed by atoms with Crippen molar-refractivity contribution in [1.82, 2.24) is 9.88 Å². The van der Waals surface area contributed by atoms with Crippen molar-refractivity contribution in [2.24, 2.45) is 5.92 Å². The molecule has 1 saturated carbocycles. The quantitative estimate of drug-likeness (QED) is 0.712. The van der Waals surface area contributed by atoms with E-state index in [9.17, 15) is 0 Å². The Morgan fingerprint density at radius 1 is 1.29 bits per heavy atom. The van der Waals surface area contributed by atoms with Crippen LogP contribution in [0.1, 0.15) is 45.1 Å². The zero-order chi connectivity index (χ0) is 14.7. The maximum Gasteiger partial charge on any atom is 0.0483 e. The second-order valence-electron chi connectivity index (χ2n) is 6.67. The van der Waals surface area contributed by atoms with Crippen LogP contribution >= 0.6 is 0 Å². The maximum atomic E-state index is 3.62. The average molecular weight is 284 g/mol. The fraction of sp³-hybridized carbons (Fsp3) is 0.579. The van der Waals surface area contributed by atoms with Crippen molar-refractivity contribution in [3.63, 3.8) is 0 Å². The lowest BCUT2D eigenvalue weighted by Gasteiger charge is -2.10. The summed E-state index contributed by atoms with van der Waals surface area (Å²) >= 11 is 0. The van der Waals surface area contributed by atoms with Crippen LogP contribution in [0.25, 0.3) is 10.9 Å². The zero-order valence-corrected chi connectivity index (χ0v) is 13.4. The molecular weight excluding hydrogens is 256 g/mol. The molecule has 0 bridgehead atoms. The minimum Gasteiger partial charge on any atom is -0.347 e. The molecule has 1 unspecified atom stereocenters. The lowest BCUT2D eigenvalue weighted by molar-refractivity contribution is 0.477. The summed E-state index contributed by atoms with van der Waals surface area (Å²) in [5.74, 6) is 0.741. The van der Waals surface area contributed by atoms with Gasteiger partial charge in [0.2, 0.25) is 0 Å². The highest BCUT2D eigenvalue weighted by Crippen LogP contribution is 2.24. The Bertz CT molecular complexity index is 580. The van der Waals surface area contributed by atoms with Gasteiger partial charge in [-0.05, 0) is 49.8 Å². The van der Waals surface area contributed by atoms with Crippen LogP contribution in [-0.2, 0) is 13.0 Å². The van der Waals surface area contributed by atoms with Gasteiger partial charge in [0.1, 0.15) is 0 Å². The van der Waals surface area contributed by atoms with Crippen LogP contribution in [0.3, 0.4) is 0 Å². The van der Waals surface area contributed by atoms with Crippen LogP contribution in [-0.4, -0.2) is 17.2 Å². The smallest absolute Gasteiger partial charge is 0.0483 e. The van der Waals surface area contributed by atoms with Crippen LogP contribution in [0, 0.1) is 5.92 Å². The molecule has 2 aromatic rings.